The predicted molar refractivity (Wildman–Crippen MR) is 86.7 cm³/mol. The van der Waals surface area contributed by atoms with Gasteiger partial charge in [0.05, 0.1) is 6.54 Å². The van der Waals surface area contributed by atoms with Crippen LogP contribution < -0.4 is 10.6 Å². The molecule has 0 radical (unpaired) electrons. The van der Waals surface area contributed by atoms with Crippen LogP contribution in [0.5, 0.6) is 0 Å². The van der Waals surface area contributed by atoms with Gasteiger partial charge >= 0.3 is 0 Å². The fourth-order valence-corrected chi connectivity index (χ4v) is 2.10. The van der Waals surface area contributed by atoms with E-state index in [0.29, 0.717) is 12.1 Å². The summed E-state index contributed by atoms with van der Waals surface area (Å²) >= 11 is 0. The van der Waals surface area contributed by atoms with E-state index in [1.807, 2.05) is 49.4 Å². The Morgan fingerprint density at radius 2 is 1.73 bits per heavy atom. The number of amides is 2. The maximum atomic E-state index is 11.9. The van der Waals surface area contributed by atoms with Crippen molar-refractivity contribution in [3.05, 3.63) is 71.3 Å². The Bertz CT molecular complexity index is 639. The van der Waals surface area contributed by atoms with Crippen LogP contribution >= 0.6 is 0 Å². The number of nitrogens with one attached hydrogen (secondary N) is 2. The lowest BCUT2D eigenvalue weighted by Crippen LogP contribution is -2.37. The van der Waals surface area contributed by atoms with E-state index < -0.39 is 0 Å². The molecule has 0 unspecified atom stereocenters. The van der Waals surface area contributed by atoms with Gasteiger partial charge in [0.2, 0.25) is 5.91 Å². The summed E-state index contributed by atoms with van der Waals surface area (Å²) < 4.78 is 0. The maximum absolute atomic E-state index is 11.9. The molecule has 4 nitrogen and oxygen atoms in total. The van der Waals surface area contributed by atoms with Crippen molar-refractivity contribution in [1.29, 1.82) is 0 Å². The first-order valence-electron chi connectivity index (χ1n) is 7.30. The topological polar surface area (TPSA) is 58.2 Å². The average molecular weight is 296 g/mol. The minimum Gasteiger partial charge on any atom is -0.354 e. The quantitative estimate of drug-likeness (QED) is 0.857. The van der Waals surface area contributed by atoms with E-state index in [1.54, 1.807) is 12.1 Å². The second-order valence-corrected chi connectivity index (χ2v) is 5.14. The molecule has 0 heterocycles. The van der Waals surface area contributed by atoms with Crippen molar-refractivity contribution in [3.63, 3.8) is 0 Å². The van der Waals surface area contributed by atoms with E-state index in [2.05, 4.69) is 10.6 Å². The van der Waals surface area contributed by atoms with Gasteiger partial charge in [0.1, 0.15) is 0 Å². The molecule has 2 amide bonds. The summed E-state index contributed by atoms with van der Waals surface area (Å²) in [6.07, 6.45) is 0.776. The number of hydrogen-bond acceptors (Lipinski definition) is 2. The second-order valence-electron chi connectivity index (χ2n) is 5.14. The van der Waals surface area contributed by atoms with Crippen LogP contribution in [0.3, 0.4) is 0 Å². The van der Waals surface area contributed by atoms with Crippen molar-refractivity contribution in [2.24, 2.45) is 0 Å². The Balaban J connectivity index is 1.70. The molecular formula is C18H20N2O2. The normalized spacial score (nSPS) is 10.0. The van der Waals surface area contributed by atoms with Crippen LogP contribution in [-0.4, -0.2) is 24.9 Å². The molecular weight excluding hydrogens is 276 g/mol. The van der Waals surface area contributed by atoms with Gasteiger partial charge in [-0.05, 0) is 31.0 Å². The summed E-state index contributed by atoms with van der Waals surface area (Å²) in [6, 6.07) is 17.2. The smallest absolute Gasteiger partial charge is 0.251 e. The summed E-state index contributed by atoms with van der Waals surface area (Å²) in [6.45, 7) is 2.47. The third-order valence-corrected chi connectivity index (χ3v) is 3.27. The van der Waals surface area contributed by atoms with Gasteiger partial charge < -0.3 is 10.6 Å². The maximum Gasteiger partial charge on any atom is 0.251 e. The lowest BCUT2D eigenvalue weighted by Gasteiger charge is -2.07. The van der Waals surface area contributed by atoms with E-state index in [9.17, 15) is 9.59 Å². The number of benzene rings is 2. The Morgan fingerprint density at radius 3 is 2.45 bits per heavy atom. The second kappa shape index (κ2) is 7.98. The molecule has 0 saturated carbocycles. The van der Waals surface area contributed by atoms with E-state index >= 15 is 0 Å². The monoisotopic (exact) mass is 296 g/mol. The molecule has 0 fully saturated rings. The van der Waals surface area contributed by atoms with Crippen molar-refractivity contribution in [2.75, 3.05) is 13.1 Å². The van der Waals surface area contributed by atoms with E-state index in [1.165, 1.54) is 5.56 Å². The summed E-state index contributed by atoms with van der Waals surface area (Å²) in [7, 11) is 0. The Kier molecular flexibility index (Phi) is 5.72. The number of carbonyl (C=O) groups is 2. The molecule has 2 aromatic rings. The largest absolute Gasteiger partial charge is 0.354 e. The standard InChI is InChI=1S/C18H20N2O2/c1-14-6-5-9-16(12-14)18(22)20-13-17(21)19-11-10-15-7-3-2-4-8-15/h2-9,12H,10-11,13H2,1H3,(H,19,21)(H,20,22). The highest BCUT2D eigenvalue weighted by Crippen LogP contribution is 2.03. The zero-order valence-electron chi connectivity index (χ0n) is 12.6. The van der Waals surface area contributed by atoms with Crippen molar-refractivity contribution in [2.45, 2.75) is 13.3 Å². The van der Waals surface area contributed by atoms with Crippen molar-refractivity contribution in [1.82, 2.24) is 10.6 Å². The zero-order valence-corrected chi connectivity index (χ0v) is 12.6. The highest BCUT2D eigenvalue weighted by atomic mass is 16.2. The molecule has 2 rings (SSSR count). The van der Waals surface area contributed by atoms with E-state index in [0.717, 1.165) is 12.0 Å². The first-order chi connectivity index (χ1) is 10.6. The Labute approximate surface area is 130 Å². The molecule has 0 atom stereocenters. The molecule has 0 aliphatic carbocycles. The molecule has 0 aliphatic heterocycles. The first kappa shape index (κ1) is 15.8. The zero-order chi connectivity index (χ0) is 15.8. The molecule has 0 aromatic heterocycles. The van der Waals surface area contributed by atoms with Crippen LogP contribution in [0.1, 0.15) is 21.5 Å². The molecule has 4 heteroatoms. The molecule has 114 valence electrons. The summed E-state index contributed by atoms with van der Waals surface area (Å²) in [4.78, 5) is 23.6. The van der Waals surface area contributed by atoms with Gasteiger partial charge in [-0.1, -0.05) is 48.0 Å². The SMILES string of the molecule is Cc1cccc(C(=O)NCC(=O)NCCc2ccccc2)c1. The number of carbonyl (C=O) groups excluding carboxylic acids is 2. The van der Waals surface area contributed by atoms with Crippen LogP contribution in [0.4, 0.5) is 0 Å². The molecule has 0 spiro atoms. The lowest BCUT2D eigenvalue weighted by molar-refractivity contribution is -0.120. The fourth-order valence-electron chi connectivity index (χ4n) is 2.10. The van der Waals surface area contributed by atoms with Crippen molar-refractivity contribution < 1.29 is 9.59 Å². The molecule has 0 saturated heterocycles. The third-order valence-electron chi connectivity index (χ3n) is 3.27. The molecule has 0 bridgehead atoms. The van der Waals surface area contributed by atoms with Crippen LogP contribution in [0.15, 0.2) is 54.6 Å². The van der Waals surface area contributed by atoms with Gasteiger partial charge in [0.25, 0.3) is 5.91 Å². The fraction of sp³-hybridized carbons (Fsp3) is 0.222. The highest BCUT2D eigenvalue weighted by Gasteiger charge is 2.07. The lowest BCUT2D eigenvalue weighted by atomic mass is 10.1. The number of hydrogen-bond donors (Lipinski definition) is 2. The molecule has 2 aromatic carbocycles. The Morgan fingerprint density at radius 1 is 0.955 bits per heavy atom. The van der Waals surface area contributed by atoms with Gasteiger partial charge in [-0.2, -0.15) is 0 Å². The molecule has 22 heavy (non-hydrogen) atoms. The van der Waals surface area contributed by atoms with Crippen molar-refractivity contribution in [3.8, 4) is 0 Å². The van der Waals surface area contributed by atoms with Gasteiger partial charge in [-0.3, -0.25) is 9.59 Å². The first-order valence-corrected chi connectivity index (χ1v) is 7.30. The Hall–Kier alpha value is -2.62. The van der Waals surface area contributed by atoms with Crippen molar-refractivity contribution >= 4 is 11.8 Å². The predicted octanol–water partition coefficient (Wildman–Crippen LogP) is 2.08. The number of rotatable bonds is 6. The van der Waals surface area contributed by atoms with Gasteiger partial charge in [0, 0.05) is 12.1 Å². The number of aryl methyl sites for hydroxylation is 1. The minimum atomic E-state index is -0.234. The molecule has 0 aliphatic rings. The minimum absolute atomic E-state index is 0.0123. The molecule has 2 N–H and O–H groups in total. The van der Waals surface area contributed by atoms with Crippen LogP contribution in [0.2, 0.25) is 0 Å². The van der Waals surface area contributed by atoms with Gasteiger partial charge in [0.15, 0.2) is 0 Å². The third kappa shape index (κ3) is 5.05. The van der Waals surface area contributed by atoms with Crippen LogP contribution in [-0.2, 0) is 11.2 Å². The van der Waals surface area contributed by atoms with E-state index in [-0.39, 0.29) is 18.4 Å². The van der Waals surface area contributed by atoms with Crippen LogP contribution in [0, 0.1) is 6.92 Å². The van der Waals surface area contributed by atoms with Gasteiger partial charge in [-0.15, -0.1) is 0 Å². The van der Waals surface area contributed by atoms with E-state index in [4.69, 9.17) is 0 Å². The van der Waals surface area contributed by atoms with Crippen LogP contribution in [0.25, 0.3) is 0 Å². The summed E-state index contributed by atoms with van der Waals surface area (Å²) in [5, 5.41) is 5.42. The van der Waals surface area contributed by atoms with Gasteiger partial charge in [-0.25, -0.2) is 0 Å². The summed E-state index contributed by atoms with van der Waals surface area (Å²) in [5.41, 5.74) is 2.75. The average Bonchev–Trinajstić information content (AvgIpc) is 2.53. The highest BCUT2D eigenvalue weighted by molar-refractivity contribution is 5.96. The summed E-state index contributed by atoms with van der Waals surface area (Å²) in [5.74, 6) is -0.418.